The van der Waals surface area contributed by atoms with Crippen molar-refractivity contribution in [1.82, 2.24) is 9.88 Å². The number of benzene rings is 4. The molecule has 0 saturated carbocycles. The van der Waals surface area contributed by atoms with Gasteiger partial charge in [0.1, 0.15) is 0 Å². The fraction of sp³-hybridized carbons (Fsp3) is 0.225. The van der Waals surface area contributed by atoms with E-state index in [4.69, 9.17) is 5.73 Å². The standard InChI is InChI=1S/C40H41N5O3/c1-28-12-14-31(15-13-28)38(25-39(46)47)45(40(48)34-10-6-18-42-26-34)27-30-8-5-9-32(23-30)33-16-17-37(35(41)24-33)44-21-19-43(20-22-44)36-11-4-3-7-29(36)2/h3-18,23-24,26,38H,19-22,25,27,41H2,1-2H3,(H,46,47). The predicted molar refractivity (Wildman–Crippen MR) is 192 cm³/mol. The van der Waals surface area contributed by atoms with Crippen LogP contribution in [0, 0.1) is 13.8 Å². The molecular weight excluding hydrogens is 598 g/mol. The van der Waals surface area contributed by atoms with Crippen LogP contribution in [0.1, 0.15) is 45.1 Å². The largest absolute Gasteiger partial charge is 0.481 e. The summed E-state index contributed by atoms with van der Waals surface area (Å²) in [5.41, 5.74) is 16.0. The summed E-state index contributed by atoms with van der Waals surface area (Å²) >= 11 is 0. The summed E-state index contributed by atoms with van der Waals surface area (Å²) in [5.74, 6) is -1.26. The quantitative estimate of drug-likeness (QED) is 0.157. The van der Waals surface area contributed by atoms with Crippen LogP contribution in [0.25, 0.3) is 11.1 Å². The Morgan fingerprint density at radius 1 is 0.812 bits per heavy atom. The molecule has 1 aromatic heterocycles. The smallest absolute Gasteiger partial charge is 0.305 e. The number of amides is 1. The van der Waals surface area contributed by atoms with Crippen molar-refractivity contribution in [2.45, 2.75) is 32.9 Å². The van der Waals surface area contributed by atoms with Gasteiger partial charge < -0.3 is 25.5 Å². The first-order valence-corrected chi connectivity index (χ1v) is 16.3. The highest BCUT2D eigenvalue weighted by Gasteiger charge is 2.29. The van der Waals surface area contributed by atoms with E-state index < -0.39 is 12.0 Å². The number of carbonyl (C=O) groups excluding carboxylic acids is 1. The third kappa shape index (κ3) is 7.33. The molecule has 1 atom stereocenters. The number of rotatable bonds is 10. The number of aliphatic carboxylic acids is 1. The van der Waals surface area contributed by atoms with E-state index in [1.807, 2.05) is 61.5 Å². The molecule has 8 nitrogen and oxygen atoms in total. The summed E-state index contributed by atoms with van der Waals surface area (Å²) in [6.45, 7) is 7.96. The number of aryl methyl sites for hydroxylation is 2. The Morgan fingerprint density at radius 2 is 1.52 bits per heavy atom. The minimum Gasteiger partial charge on any atom is -0.481 e. The van der Waals surface area contributed by atoms with Gasteiger partial charge in [0, 0.05) is 50.8 Å². The first-order valence-electron chi connectivity index (χ1n) is 16.3. The van der Waals surface area contributed by atoms with Crippen LogP contribution in [-0.4, -0.2) is 53.0 Å². The van der Waals surface area contributed by atoms with Crippen LogP contribution in [0.2, 0.25) is 0 Å². The fourth-order valence-electron chi connectivity index (χ4n) is 6.52. The molecule has 6 rings (SSSR count). The maximum absolute atomic E-state index is 14.0. The van der Waals surface area contributed by atoms with E-state index in [1.165, 1.54) is 17.4 Å². The van der Waals surface area contributed by atoms with E-state index in [1.54, 1.807) is 23.2 Å². The van der Waals surface area contributed by atoms with Crippen molar-refractivity contribution in [3.8, 4) is 11.1 Å². The topological polar surface area (TPSA) is 103 Å². The number of anilines is 3. The van der Waals surface area contributed by atoms with Crippen LogP contribution in [0.4, 0.5) is 17.1 Å². The zero-order chi connectivity index (χ0) is 33.6. The summed E-state index contributed by atoms with van der Waals surface area (Å²) in [7, 11) is 0. The predicted octanol–water partition coefficient (Wildman–Crippen LogP) is 7.13. The Hall–Kier alpha value is -5.63. The lowest BCUT2D eigenvalue weighted by molar-refractivity contribution is -0.138. The van der Waals surface area contributed by atoms with E-state index in [0.717, 1.165) is 65.4 Å². The van der Waals surface area contributed by atoms with Crippen molar-refractivity contribution in [2.24, 2.45) is 0 Å². The maximum atomic E-state index is 14.0. The van der Waals surface area contributed by atoms with E-state index in [0.29, 0.717) is 5.56 Å². The molecule has 48 heavy (non-hydrogen) atoms. The van der Waals surface area contributed by atoms with Gasteiger partial charge in [-0.25, -0.2) is 0 Å². The van der Waals surface area contributed by atoms with Crippen LogP contribution in [0.3, 0.4) is 0 Å². The molecule has 0 radical (unpaired) electrons. The van der Waals surface area contributed by atoms with Crippen LogP contribution >= 0.6 is 0 Å². The van der Waals surface area contributed by atoms with Crippen LogP contribution in [-0.2, 0) is 11.3 Å². The van der Waals surface area contributed by atoms with Crippen molar-refractivity contribution in [2.75, 3.05) is 41.7 Å². The van der Waals surface area contributed by atoms with Gasteiger partial charge in [-0.2, -0.15) is 0 Å². The van der Waals surface area contributed by atoms with E-state index >= 15 is 0 Å². The highest BCUT2D eigenvalue weighted by atomic mass is 16.4. The van der Waals surface area contributed by atoms with Crippen molar-refractivity contribution in [1.29, 1.82) is 0 Å². The summed E-state index contributed by atoms with van der Waals surface area (Å²) in [6, 6.07) is 33.1. The molecule has 3 N–H and O–H groups in total. The van der Waals surface area contributed by atoms with Crippen LogP contribution in [0.5, 0.6) is 0 Å². The number of nitrogens with two attached hydrogens (primary N) is 1. The Balaban J connectivity index is 1.24. The highest BCUT2D eigenvalue weighted by molar-refractivity contribution is 5.94. The molecule has 1 aliphatic rings. The normalized spacial score (nSPS) is 13.6. The summed E-state index contributed by atoms with van der Waals surface area (Å²) in [4.78, 5) is 36.7. The molecule has 8 heteroatoms. The molecule has 0 aliphatic carbocycles. The number of piperazine rings is 1. The maximum Gasteiger partial charge on any atom is 0.305 e. The first-order chi connectivity index (χ1) is 23.3. The van der Waals surface area contributed by atoms with E-state index in [-0.39, 0.29) is 18.9 Å². The number of pyridine rings is 1. The molecule has 1 aliphatic heterocycles. The Kier molecular flexibility index (Phi) is 9.71. The number of nitrogen functional groups attached to an aromatic ring is 1. The third-order valence-corrected chi connectivity index (χ3v) is 9.09. The molecule has 4 aromatic carbocycles. The number of aromatic nitrogens is 1. The SMILES string of the molecule is Cc1ccc(C(CC(=O)O)N(Cc2cccc(-c3ccc(N4CCN(c5ccccc5C)CC4)c(N)c3)c2)C(=O)c2cccnc2)cc1. The zero-order valence-corrected chi connectivity index (χ0v) is 27.4. The number of carboxylic acids is 1. The number of carbonyl (C=O) groups is 2. The molecule has 244 valence electrons. The molecule has 1 amide bonds. The van der Waals surface area contributed by atoms with E-state index in [9.17, 15) is 14.7 Å². The van der Waals surface area contributed by atoms with Gasteiger partial charge in [0.25, 0.3) is 5.91 Å². The molecule has 1 unspecified atom stereocenters. The van der Waals surface area contributed by atoms with Crippen molar-refractivity contribution in [3.05, 3.63) is 143 Å². The third-order valence-electron chi connectivity index (χ3n) is 9.09. The molecule has 0 spiro atoms. The molecule has 1 fully saturated rings. The molecule has 0 bridgehead atoms. The van der Waals surface area contributed by atoms with Gasteiger partial charge in [-0.15, -0.1) is 0 Å². The lowest BCUT2D eigenvalue weighted by Crippen LogP contribution is -2.47. The number of hydrogen-bond acceptors (Lipinski definition) is 6. The van der Waals surface area contributed by atoms with Crippen molar-refractivity contribution < 1.29 is 14.7 Å². The second-order valence-corrected chi connectivity index (χ2v) is 12.4. The van der Waals surface area contributed by atoms with Gasteiger partial charge in [-0.1, -0.05) is 72.3 Å². The minimum absolute atomic E-state index is 0.214. The Bertz CT molecular complexity index is 1890. The highest BCUT2D eigenvalue weighted by Crippen LogP contribution is 2.33. The number of nitrogens with zero attached hydrogens (tertiary/aromatic N) is 4. The first kappa shape index (κ1) is 32.3. The average Bonchev–Trinajstić information content (AvgIpc) is 3.10. The van der Waals surface area contributed by atoms with Gasteiger partial charge in [0.15, 0.2) is 0 Å². The van der Waals surface area contributed by atoms with Crippen LogP contribution in [0.15, 0.2) is 116 Å². The zero-order valence-electron chi connectivity index (χ0n) is 27.4. The van der Waals surface area contributed by atoms with Gasteiger partial charge in [0.05, 0.1) is 29.4 Å². The van der Waals surface area contributed by atoms with E-state index in [2.05, 4.69) is 58.1 Å². The Labute approximate surface area is 282 Å². The average molecular weight is 640 g/mol. The molecule has 2 heterocycles. The number of carboxylic acid groups (broad SMARTS) is 1. The minimum atomic E-state index is -0.981. The summed E-state index contributed by atoms with van der Waals surface area (Å²) in [5, 5.41) is 9.91. The molecule has 1 saturated heterocycles. The monoisotopic (exact) mass is 639 g/mol. The Morgan fingerprint density at radius 3 is 2.19 bits per heavy atom. The lowest BCUT2D eigenvalue weighted by Gasteiger charge is -2.38. The van der Waals surface area contributed by atoms with Gasteiger partial charge in [0.2, 0.25) is 0 Å². The summed E-state index contributed by atoms with van der Waals surface area (Å²) < 4.78 is 0. The van der Waals surface area contributed by atoms with Gasteiger partial charge in [-0.05, 0) is 78.1 Å². The molecule has 5 aromatic rings. The summed E-state index contributed by atoms with van der Waals surface area (Å²) in [6.07, 6.45) is 2.90. The van der Waals surface area contributed by atoms with Gasteiger partial charge >= 0.3 is 5.97 Å². The lowest BCUT2D eigenvalue weighted by atomic mass is 9.97. The van der Waals surface area contributed by atoms with Crippen molar-refractivity contribution >= 4 is 28.9 Å². The number of para-hydroxylation sites is 1. The van der Waals surface area contributed by atoms with Gasteiger partial charge in [-0.3, -0.25) is 14.6 Å². The second kappa shape index (κ2) is 14.4. The number of hydrogen-bond donors (Lipinski definition) is 2. The van der Waals surface area contributed by atoms with Crippen molar-refractivity contribution in [3.63, 3.8) is 0 Å². The fourth-order valence-corrected chi connectivity index (χ4v) is 6.52. The molecular formula is C40H41N5O3. The second-order valence-electron chi connectivity index (χ2n) is 12.4. The van der Waals surface area contributed by atoms with Crippen LogP contribution < -0.4 is 15.5 Å².